The van der Waals surface area contributed by atoms with Crippen LogP contribution in [-0.4, -0.2) is 22.8 Å². The van der Waals surface area contributed by atoms with Crippen LogP contribution < -0.4 is 5.32 Å². The van der Waals surface area contributed by atoms with Crippen LogP contribution in [-0.2, 0) is 9.63 Å². The Morgan fingerprint density at radius 3 is 2.61 bits per heavy atom. The summed E-state index contributed by atoms with van der Waals surface area (Å²) in [5.74, 6) is -0.0535. The molecule has 1 aromatic rings. The van der Waals surface area contributed by atoms with E-state index in [1.807, 2.05) is 44.2 Å². The molecule has 0 aliphatic carbocycles. The van der Waals surface area contributed by atoms with Gasteiger partial charge in [0, 0.05) is 18.4 Å². The highest BCUT2D eigenvalue weighted by Crippen LogP contribution is 2.38. The molecular formula is C14H16N2O2. The summed E-state index contributed by atoms with van der Waals surface area (Å²) in [5.41, 5.74) is 0.850. The zero-order chi connectivity index (χ0) is 12.8. The van der Waals surface area contributed by atoms with Gasteiger partial charge in [-0.15, -0.1) is 0 Å². The Balaban J connectivity index is 1.85. The van der Waals surface area contributed by atoms with Gasteiger partial charge in [0.25, 0.3) is 5.91 Å². The van der Waals surface area contributed by atoms with Crippen molar-refractivity contribution in [2.45, 2.75) is 37.8 Å². The molecule has 0 bridgehead atoms. The summed E-state index contributed by atoms with van der Waals surface area (Å²) in [6, 6.07) is 9.85. The number of nitrogens with one attached hydrogen (secondary N) is 1. The van der Waals surface area contributed by atoms with Gasteiger partial charge >= 0.3 is 0 Å². The van der Waals surface area contributed by atoms with Crippen LogP contribution in [0.3, 0.4) is 0 Å². The second-order valence-electron chi connectivity index (χ2n) is 5.68. The molecule has 0 aromatic heterocycles. The summed E-state index contributed by atoms with van der Waals surface area (Å²) < 4.78 is 0. The third-order valence-electron chi connectivity index (χ3n) is 3.48. The molecule has 1 atom stereocenters. The molecule has 2 aliphatic heterocycles. The van der Waals surface area contributed by atoms with Crippen LogP contribution in [0.15, 0.2) is 35.5 Å². The van der Waals surface area contributed by atoms with Gasteiger partial charge in [-0.25, -0.2) is 0 Å². The van der Waals surface area contributed by atoms with Crippen molar-refractivity contribution in [3.8, 4) is 0 Å². The summed E-state index contributed by atoms with van der Waals surface area (Å²) in [6.07, 6.45) is 1.20. The van der Waals surface area contributed by atoms with E-state index in [1.54, 1.807) is 0 Å². The van der Waals surface area contributed by atoms with Crippen LogP contribution in [0.1, 0.15) is 32.3 Å². The minimum Gasteiger partial charge on any atom is -0.378 e. The quantitative estimate of drug-likeness (QED) is 0.819. The lowest BCUT2D eigenvalue weighted by Gasteiger charge is -2.19. The Labute approximate surface area is 106 Å². The van der Waals surface area contributed by atoms with Gasteiger partial charge in [-0.3, -0.25) is 4.79 Å². The number of carbonyl (C=O) groups is 1. The molecule has 1 spiro atoms. The fourth-order valence-electron chi connectivity index (χ4n) is 2.74. The SMILES string of the molecule is CC1(C)CC2(CC(c3ccccc3)=NO2)C(=O)N1. The highest BCUT2D eigenvalue weighted by atomic mass is 16.7. The predicted molar refractivity (Wildman–Crippen MR) is 68.3 cm³/mol. The fourth-order valence-corrected chi connectivity index (χ4v) is 2.74. The van der Waals surface area contributed by atoms with Crippen molar-refractivity contribution in [3.05, 3.63) is 35.9 Å². The van der Waals surface area contributed by atoms with Gasteiger partial charge < -0.3 is 10.2 Å². The van der Waals surface area contributed by atoms with E-state index in [0.29, 0.717) is 12.8 Å². The van der Waals surface area contributed by atoms with E-state index in [0.717, 1.165) is 11.3 Å². The minimum absolute atomic E-state index is 0.0535. The van der Waals surface area contributed by atoms with Crippen molar-refractivity contribution < 1.29 is 9.63 Å². The standard InChI is InChI=1S/C14H16N2O2/c1-13(2)9-14(12(17)15-13)8-11(16-18-14)10-6-4-3-5-7-10/h3-7H,8-9H2,1-2H3,(H,15,17). The van der Waals surface area contributed by atoms with E-state index in [1.165, 1.54) is 0 Å². The number of amides is 1. The van der Waals surface area contributed by atoms with Crippen molar-refractivity contribution in [1.29, 1.82) is 0 Å². The van der Waals surface area contributed by atoms with Gasteiger partial charge in [0.2, 0.25) is 5.60 Å². The molecule has 94 valence electrons. The molecule has 1 N–H and O–H groups in total. The van der Waals surface area contributed by atoms with Crippen molar-refractivity contribution in [1.82, 2.24) is 5.32 Å². The molecular weight excluding hydrogens is 228 g/mol. The first-order valence-corrected chi connectivity index (χ1v) is 6.14. The van der Waals surface area contributed by atoms with E-state index in [4.69, 9.17) is 4.84 Å². The van der Waals surface area contributed by atoms with E-state index in [-0.39, 0.29) is 11.4 Å². The summed E-state index contributed by atoms with van der Waals surface area (Å²) >= 11 is 0. The number of oxime groups is 1. The van der Waals surface area contributed by atoms with Gasteiger partial charge in [0.1, 0.15) is 0 Å². The van der Waals surface area contributed by atoms with Gasteiger partial charge in [0.05, 0.1) is 5.71 Å². The van der Waals surface area contributed by atoms with Crippen LogP contribution in [0, 0.1) is 0 Å². The van der Waals surface area contributed by atoms with Crippen molar-refractivity contribution in [2.75, 3.05) is 0 Å². The van der Waals surface area contributed by atoms with Crippen LogP contribution >= 0.6 is 0 Å². The van der Waals surface area contributed by atoms with E-state index >= 15 is 0 Å². The normalized spacial score (nSPS) is 29.0. The molecule has 3 rings (SSSR count). The minimum atomic E-state index is -0.797. The summed E-state index contributed by atoms with van der Waals surface area (Å²) in [6.45, 7) is 4.01. The lowest BCUT2D eigenvalue weighted by molar-refractivity contribution is -0.138. The molecule has 4 nitrogen and oxygen atoms in total. The smallest absolute Gasteiger partial charge is 0.267 e. The molecule has 1 fully saturated rings. The first kappa shape index (κ1) is 11.3. The average molecular weight is 244 g/mol. The Morgan fingerprint density at radius 2 is 2.00 bits per heavy atom. The molecule has 2 aliphatic rings. The number of benzene rings is 1. The first-order chi connectivity index (χ1) is 8.51. The summed E-state index contributed by atoms with van der Waals surface area (Å²) in [5, 5.41) is 7.07. The summed E-state index contributed by atoms with van der Waals surface area (Å²) in [7, 11) is 0. The van der Waals surface area contributed by atoms with Gasteiger partial charge in [0.15, 0.2) is 0 Å². The van der Waals surface area contributed by atoms with Gasteiger partial charge in [-0.05, 0) is 19.4 Å². The number of carbonyl (C=O) groups excluding carboxylic acids is 1. The van der Waals surface area contributed by atoms with Crippen LogP contribution in [0.2, 0.25) is 0 Å². The molecule has 18 heavy (non-hydrogen) atoms. The Morgan fingerprint density at radius 1 is 1.28 bits per heavy atom. The first-order valence-electron chi connectivity index (χ1n) is 6.14. The number of rotatable bonds is 1. The Kier molecular flexibility index (Phi) is 2.24. The Hall–Kier alpha value is -1.84. The third kappa shape index (κ3) is 1.68. The maximum Gasteiger partial charge on any atom is 0.267 e. The monoisotopic (exact) mass is 244 g/mol. The van der Waals surface area contributed by atoms with Crippen LogP contribution in [0.25, 0.3) is 0 Å². The zero-order valence-electron chi connectivity index (χ0n) is 10.6. The van der Waals surface area contributed by atoms with Crippen molar-refractivity contribution >= 4 is 11.6 Å². The number of hydrogen-bond donors (Lipinski definition) is 1. The second kappa shape index (κ2) is 3.57. The fraction of sp³-hybridized carbons (Fsp3) is 0.429. The Bertz CT molecular complexity index is 522. The maximum atomic E-state index is 12.1. The second-order valence-corrected chi connectivity index (χ2v) is 5.68. The summed E-state index contributed by atoms with van der Waals surface area (Å²) in [4.78, 5) is 17.6. The molecule has 1 amide bonds. The highest BCUT2D eigenvalue weighted by Gasteiger charge is 2.56. The van der Waals surface area contributed by atoms with E-state index in [9.17, 15) is 4.79 Å². The molecule has 2 heterocycles. The van der Waals surface area contributed by atoms with Crippen LogP contribution in [0.5, 0.6) is 0 Å². The zero-order valence-corrected chi connectivity index (χ0v) is 10.6. The average Bonchev–Trinajstić information content (AvgIpc) is 2.83. The van der Waals surface area contributed by atoms with E-state index < -0.39 is 5.60 Å². The third-order valence-corrected chi connectivity index (χ3v) is 3.48. The molecule has 4 heteroatoms. The molecule has 1 unspecified atom stereocenters. The molecule has 0 radical (unpaired) electrons. The maximum absolute atomic E-state index is 12.1. The molecule has 1 saturated heterocycles. The lowest BCUT2D eigenvalue weighted by Crippen LogP contribution is -2.39. The molecule has 0 saturated carbocycles. The molecule has 1 aromatic carbocycles. The topological polar surface area (TPSA) is 50.7 Å². The number of hydrogen-bond acceptors (Lipinski definition) is 3. The van der Waals surface area contributed by atoms with Crippen molar-refractivity contribution in [3.63, 3.8) is 0 Å². The lowest BCUT2D eigenvalue weighted by atomic mass is 9.87. The van der Waals surface area contributed by atoms with Gasteiger partial charge in [-0.2, -0.15) is 0 Å². The van der Waals surface area contributed by atoms with E-state index in [2.05, 4.69) is 10.5 Å². The van der Waals surface area contributed by atoms with Crippen molar-refractivity contribution in [2.24, 2.45) is 5.16 Å². The largest absolute Gasteiger partial charge is 0.378 e. The van der Waals surface area contributed by atoms with Gasteiger partial charge in [-0.1, -0.05) is 35.5 Å². The number of nitrogens with zero attached hydrogens (tertiary/aromatic N) is 1. The highest BCUT2D eigenvalue weighted by molar-refractivity contribution is 6.06. The van der Waals surface area contributed by atoms with Crippen LogP contribution in [0.4, 0.5) is 0 Å². The predicted octanol–water partition coefficient (Wildman–Crippen LogP) is 1.85.